The number of hydrogen-bond acceptors (Lipinski definition) is 2. The van der Waals surface area contributed by atoms with Gasteiger partial charge < -0.3 is 4.74 Å². The first-order valence-corrected chi connectivity index (χ1v) is 12.2. The zero-order chi connectivity index (χ0) is 22.1. The Morgan fingerprint density at radius 2 is 1.68 bits per heavy atom. The lowest BCUT2D eigenvalue weighted by Crippen LogP contribution is -2.13. The largest absolute Gasteiger partial charge is 0.462 e. The van der Waals surface area contributed by atoms with Gasteiger partial charge in [0.25, 0.3) is 0 Å². The van der Waals surface area contributed by atoms with Gasteiger partial charge in [-0.1, -0.05) is 70.2 Å². The molecule has 1 saturated carbocycles. The minimum atomic E-state index is -0.308. The Balaban J connectivity index is 1.58. The third kappa shape index (κ3) is 6.66. The number of hydrogen-bond donors (Lipinski definition) is 0. The summed E-state index contributed by atoms with van der Waals surface area (Å²) >= 11 is 0. The van der Waals surface area contributed by atoms with Gasteiger partial charge in [-0.2, -0.15) is 0 Å². The van der Waals surface area contributed by atoms with E-state index in [4.69, 9.17) is 4.74 Å². The van der Waals surface area contributed by atoms with E-state index in [1.165, 1.54) is 38.5 Å². The van der Waals surface area contributed by atoms with Crippen LogP contribution in [0.4, 0.5) is 4.39 Å². The molecule has 0 spiro atoms. The number of ether oxygens (including phenoxy) is 1. The predicted molar refractivity (Wildman–Crippen MR) is 126 cm³/mol. The Morgan fingerprint density at radius 1 is 0.935 bits per heavy atom. The van der Waals surface area contributed by atoms with Gasteiger partial charge in [-0.25, -0.2) is 9.18 Å². The normalized spacial score (nSPS) is 18.7. The summed E-state index contributed by atoms with van der Waals surface area (Å²) in [5.74, 6) is 0.843. The molecule has 3 rings (SSSR count). The lowest BCUT2D eigenvalue weighted by molar-refractivity contribution is 0.0498. The monoisotopic (exact) mass is 424 g/mol. The molecule has 0 bridgehead atoms. The molecule has 168 valence electrons. The van der Waals surface area contributed by atoms with Crippen LogP contribution < -0.4 is 0 Å². The van der Waals surface area contributed by atoms with Gasteiger partial charge in [-0.3, -0.25) is 0 Å². The summed E-state index contributed by atoms with van der Waals surface area (Å²) < 4.78 is 20.3. The van der Waals surface area contributed by atoms with Gasteiger partial charge >= 0.3 is 5.97 Å². The number of halogens is 1. The smallest absolute Gasteiger partial charge is 0.338 e. The molecule has 1 aliphatic rings. The molecule has 2 aromatic rings. The second-order valence-corrected chi connectivity index (χ2v) is 9.02. The van der Waals surface area contributed by atoms with Crippen molar-refractivity contribution in [1.29, 1.82) is 0 Å². The van der Waals surface area contributed by atoms with E-state index in [-0.39, 0.29) is 11.8 Å². The molecule has 0 amide bonds. The number of rotatable bonds is 10. The third-order valence-corrected chi connectivity index (χ3v) is 6.67. The van der Waals surface area contributed by atoms with Crippen molar-refractivity contribution in [2.45, 2.75) is 84.0 Å². The summed E-state index contributed by atoms with van der Waals surface area (Å²) in [6, 6.07) is 12.8. The highest BCUT2D eigenvalue weighted by atomic mass is 19.1. The Bertz CT molecular complexity index is 819. The van der Waals surface area contributed by atoms with Crippen molar-refractivity contribution in [1.82, 2.24) is 0 Å². The van der Waals surface area contributed by atoms with Crippen LogP contribution in [0.5, 0.6) is 0 Å². The van der Waals surface area contributed by atoms with Crippen LogP contribution in [0.25, 0.3) is 11.1 Å². The second kappa shape index (κ2) is 12.0. The van der Waals surface area contributed by atoms with Gasteiger partial charge in [-0.15, -0.1) is 0 Å². The van der Waals surface area contributed by atoms with E-state index < -0.39 is 0 Å². The molecule has 0 saturated heterocycles. The molecule has 1 aliphatic carbocycles. The molecule has 0 aliphatic heterocycles. The van der Waals surface area contributed by atoms with Gasteiger partial charge in [0.05, 0.1) is 12.2 Å². The minimum Gasteiger partial charge on any atom is -0.462 e. The first-order valence-electron chi connectivity index (χ1n) is 12.2. The van der Waals surface area contributed by atoms with Crippen LogP contribution >= 0.6 is 0 Å². The van der Waals surface area contributed by atoms with E-state index in [1.54, 1.807) is 18.2 Å². The Labute approximate surface area is 187 Å². The third-order valence-electron chi connectivity index (χ3n) is 6.67. The van der Waals surface area contributed by atoms with Crippen LogP contribution in [-0.4, -0.2) is 12.6 Å². The molecule has 31 heavy (non-hydrogen) atoms. The number of benzene rings is 2. The summed E-state index contributed by atoms with van der Waals surface area (Å²) in [6.07, 6.45) is 11.7. The van der Waals surface area contributed by atoms with Crippen molar-refractivity contribution >= 4 is 5.97 Å². The second-order valence-electron chi connectivity index (χ2n) is 9.02. The van der Waals surface area contributed by atoms with Crippen molar-refractivity contribution in [3.63, 3.8) is 0 Å². The molecule has 0 unspecified atom stereocenters. The van der Waals surface area contributed by atoms with E-state index in [1.807, 2.05) is 18.2 Å². The average Bonchev–Trinajstić information content (AvgIpc) is 2.79. The molecule has 3 heteroatoms. The molecule has 1 fully saturated rings. The molecule has 2 nitrogen and oxygen atoms in total. The fourth-order valence-electron chi connectivity index (χ4n) is 4.78. The highest BCUT2D eigenvalue weighted by molar-refractivity contribution is 5.90. The average molecular weight is 425 g/mol. The molecule has 0 heterocycles. The molecule has 0 N–H and O–H groups in total. The maximum absolute atomic E-state index is 14.9. The fraction of sp³-hybridized carbons (Fsp3) is 0.536. The topological polar surface area (TPSA) is 26.3 Å². The molecule has 0 radical (unpaired) electrons. The van der Waals surface area contributed by atoms with Crippen molar-refractivity contribution in [2.24, 2.45) is 5.92 Å². The molecular formula is C28H37FO2. The summed E-state index contributed by atoms with van der Waals surface area (Å²) in [4.78, 5) is 12.2. The van der Waals surface area contributed by atoms with Crippen LogP contribution in [0, 0.1) is 11.7 Å². The van der Waals surface area contributed by atoms with Gasteiger partial charge in [-0.05, 0) is 73.3 Å². The SMILES string of the molecule is CCCCCCOC(=O)c1ccc(-c2ccc(C3CCC(CCC)CC3)cc2F)cc1. The van der Waals surface area contributed by atoms with E-state index in [0.717, 1.165) is 42.7 Å². The first kappa shape index (κ1) is 23.5. The molecule has 0 atom stereocenters. The molecular weight excluding hydrogens is 387 g/mol. The Morgan fingerprint density at radius 3 is 2.32 bits per heavy atom. The minimum absolute atomic E-state index is 0.181. The van der Waals surface area contributed by atoms with Crippen LogP contribution in [-0.2, 0) is 4.74 Å². The molecule has 0 aromatic heterocycles. The number of carbonyl (C=O) groups is 1. The van der Waals surface area contributed by atoms with Crippen molar-refractivity contribution in [3.05, 3.63) is 59.4 Å². The van der Waals surface area contributed by atoms with Crippen LogP contribution in [0.15, 0.2) is 42.5 Å². The lowest BCUT2D eigenvalue weighted by Gasteiger charge is -2.28. The van der Waals surface area contributed by atoms with Gasteiger partial charge in [0.15, 0.2) is 0 Å². The summed E-state index contributed by atoms with van der Waals surface area (Å²) in [6.45, 7) is 4.86. The quantitative estimate of drug-likeness (QED) is 0.283. The van der Waals surface area contributed by atoms with E-state index in [0.29, 0.717) is 23.7 Å². The fourth-order valence-corrected chi connectivity index (χ4v) is 4.78. The van der Waals surface area contributed by atoms with E-state index in [2.05, 4.69) is 19.9 Å². The first-order chi connectivity index (χ1) is 15.1. The van der Waals surface area contributed by atoms with Crippen molar-refractivity contribution < 1.29 is 13.9 Å². The maximum atomic E-state index is 14.9. The highest BCUT2D eigenvalue weighted by Crippen LogP contribution is 2.38. The van der Waals surface area contributed by atoms with Crippen molar-refractivity contribution in [3.8, 4) is 11.1 Å². The Hall–Kier alpha value is -2.16. The number of unbranched alkanes of at least 4 members (excludes halogenated alkanes) is 3. The predicted octanol–water partition coefficient (Wildman–Crippen LogP) is 8.30. The van der Waals surface area contributed by atoms with Crippen LogP contribution in [0.2, 0.25) is 0 Å². The molecule has 2 aromatic carbocycles. The highest BCUT2D eigenvalue weighted by Gasteiger charge is 2.22. The standard InChI is InChI=1S/C28H37FO2/c1-3-5-6-7-19-31-28(30)24-15-13-23(14-16-24)26-18-17-25(20-27(26)29)22-11-9-21(8-4-2)10-12-22/h13-18,20-22H,3-12,19H2,1-2H3. The number of esters is 1. The summed E-state index contributed by atoms with van der Waals surface area (Å²) in [7, 11) is 0. The van der Waals surface area contributed by atoms with Crippen molar-refractivity contribution in [2.75, 3.05) is 6.61 Å². The maximum Gasteiger partial charge on any atom is 0.338 e. The van der Waals surface area contributed by atoms with E-state index in [9.17, 15) is 9.18 Å². The zero-order valence-corrected chi connectivity index (χ0v) is 19.2. The summed E-state index contributed by atoms with van der Waals surface area (Å²) in [5, 5.41) is 0. The van der Waals surface area contributed by atoms with Gasteiger partial charge in [0, 0.05) is 5.56 Å². The van der Waals surface area contributed by atoms with Crippen LogP contribution in [0.1, 0.15) is 99.9 Å². The van der Waals surface area contributed by atoms with Gasteiger partial charge in [0.2, 0.25) is 0 Å². The summed E-state index contributed by atoms with van der Waals surface area (Å²) in [5.41, 5.74) is 3.01. The van der Waals surface area contributed by atoms with Crippen LogP contribution in [0.3, 0.4) is 0 Å². The number of carbonyl (C=O) groups excluding carboxylic acids is 1. The lowest BCUT2D eigenvalue weighted by atomic mass is 9.77. The van der Waals surface area contributed by atoms with E-state index >= 15 is 0 Å². The zero-order valence-electron chi connectivity index (χ0n) is 19.2. The Kier molecular flexibility index (Phi) is 9.12. The van der Waals surface area contributed by atoms with Gasteiger partial charge in [0.1, 0.15) is 5.82 Å².